The molecule has 0 atom stereocenters. The molecule has 1 rings (SSSR count). The number of ether oxygens (including phenoxy) is 1. The maximum Gasteiger partial charge on any atom is 0.153 e. The fourth-order valence-corrected chi connectivity index (χ4v) is 1.78. The Bertz CT molecular complexity index is 345. The summed E-state index contributed by atoms with van der Waals surface area (Å²) in [4.78, 5) is 10.9. The van der Waals surface area contributed by atoms with Crippen LogP contribution in [-0.4, -0.2) is 12.9 Å². The Morgan fingerprint density at radius 1 is 1.18 bits per heavy atom. The van der Waals surface area contributed by atoms with Crippen LogP contribution in [0.4, 0.5) is 0 Å². The molecule has 2 nitrogen and oxygen atoms in total. The number of aryl methyl sites for hydroxylation is 1. The fraction of sp³-hybridized carbons (Fsp3) is 0.533. The van der Waals surface area contributed by atoms with Crippen LogP contribution >= 0.6 is 0 Å². The number of benzene rings is 1. The van der Waals surface area contributed by atoms with Crippen molar-refractivity contribution in [2.75, 3.05) is 6.61 Å². The van der Waals surface area contributed by atoms with E-state index in [2.05, 4.69) is 6.92 Å². The molecule has 0 radical (unpaired) electrons. The van der Waals surface area contributed by atoms with Gasteiger partial charge in [-0.3, -0.25) is 4.79 Å². The lowest BCUT2D eigenvalue weighted by Gasteiger charge is -2.08. The highest BCUT2D eigenvalue weighted by molar-refractivity contribution is 5.79. The van der Waals surface area contributed by atoms with Crippen molar-refractivity contribution in [2.24, 2.45) is 0 Å². The maximum absolute atomic E-state index is 10.9. The molecule has 0 N–H and O–H groups in total. The number of carbonyl (C=O) groups excluding carboxylic acids is 1. The van der Waals surface area contributed by atoms with Crippen LogP contribution in [0, 0.1) is 6.92 Å². The molecule has 94 valence electrons. The van der Waals surface area contributed by atoms with Gasteiger partial charge in [0.2, 0.25) is 0 Å². The predicted octanol–water partition coefficient (Wildman–Crippen LogP) is 4.16. The number of rotatable bonds is 8. The molecular formula is C15H22O2. The first-order valence-electron chi connectivity index (χ1n) is 6.46. The Hall–Kier alpha value is -1.31. The minimum absolute atomic E-state index is 0.651. The minimum Gasteiger partial charge on any atom is -0.493 e. The van der Waals surface area contributed by atoms with E-state index in [0.29, 0.717) is 17.9 Å². The number of hydrogen-bond donors (Lipinski definition) is 0. The van der Waals surface area contributed by atoms with Gasteiger partial charge in [0.1, 0.15) is 5.75 Å². The van der Waals surface area contributed by atoms with E-state index in [1.807, 2.05) is 25.1 Å². The monoisotopic (exact) mass is 234 g/mol. The van der Waals surface area contributed by atoms with E-state index in [4.69, 9.17) is 4.74 Å². The van der Waals surface area contributed by atoms with Gasteiger partial charge in [-0.15, -0.1) is 0 Å². The summed E-state index contributed by atoms with van der Waals surface area (Å²) in [6.07, 6.45) is 6.95. The van der Waals surface area contributed by atoms with Crippen LogP contribution in [0.2, 0.25) is 0 Å². The Morgan fingerprint density at radius 3 is 2.65 bits per heavy atom. The largest absolute Gasteiger partial charge is 0.493 e. The molecule has 0 aromatic heterocycles. The molecule has 0 saturated carbocycles. The summed E-state index contributed by atoms with van der Waals surface area (Å²) in [6.45, 7) is 4.88. The van der Waals surface area contributed by atoms with Crippen LogP contribution in [0.1, 0.15) is 54.9 Å². The van der Waals surface area contributed by atoms with Gasteiger partial charge in [-0.1, -0.05) is 44.2 Å². The highest BCUT2D eigenvalue weighted by Crippen LogP contribution is 2.18. The molecule has 0 saturated heterocycles. The zero-order chi connectivity index (χ0) is 12.5. The molecule has 0 aliphatic carbocycles. The van der Waals surface area contributed by atoms with E-state index in [1.165, 1.54) is 25.7 Å². The van der Waals surface area contributed by atoms with Gasteiger partial charge in [0.15, 0.2) is 6.29 Å². The molecule has 2 heteroatoms. The summed E-state index contributed by atoms with van der Waals surface area (Å²) in [7, 11) is 0. The molecule has 0 spiro atoms. The Morgan fingerprint density at radius 2 is 1.94 bits per heavy atom. The number of unbranched alkanes of at least 4 members (excludes halogenated alkanes) is 4. The van der Waals surface area contributed by atoms with Gasteiger partial charge in [-0.25, -0.2) is 0 Å². The van der Waals surface area contributed by atoms with Crippen molar-refractivity contribution in [3.63, 3.8) is 0 Å². The predicted molar refractivity (Wildman–Crippen MR) is 70.8 cm³/mol. The van der Waals surface area contributed by atoms with Crippen molar-refractivity contribution in [1.82, 2.24) is 0 Å². The Labute approximate surface area is 104 Å². The van der Waals surface area contributed by atoms with Gasteiger partial charge < -0.3 is 4.74 Å². The van der Waals surface area contributed by atoms with Crippen molar-refractivity contribution in [3.8, 4) is 5.75 Å². The summed E-state index contributed by atoms with van der Waals surface area (Å²) in [5, 5.41) is 0. The molecule has 1 aromatic rings. The molecule has 0 unspecified atom stereocenters. The highest BCUT2D eigenvalue weighted by atomic mass is 16.5. The van der Waals surface area contributed by atoms with E-state index >= 15 is 0 Å². The first-order valence-corrected chi connectivity index (χ1v) is 6.46. The third kappa shape index (κ3) is 5.03. The zero-order valence-electron chi connectivity index (χ0n) is 10.9. The second kappa shape index (κ2) is 7.88. The van der Waals surface area contributed by atoms with Crippen molar-refractivity contribution in [2.45, 2.75) is 46.0 Å². The van der Waals surface area contributed by atoms with Crippen molar-refractivity contribution >= 4 is 6.29 Å². The Balaban J connectivity index is 2.33. The van der Waals surface area contributed by atoms with Gasteiger partial charge in [-0.05, 0) is 25.5 Å². The molecular weight excluding hydrogens is 212 g/mol. The van der Waals surface area contributed by atoms with Gasteiger partial charge in [0.25, 0.3) is 0 Å². The second-order valence-corrected chi connectivity index (χ2v) is 4.42. The summed E-state index contributed by atoms with van der Waals surface area (Å²) in [5.74, 6) is 0.709. The molecule has 0 aliphatic rings. The second-order valence-electron chi connectivity index (χ2n) is 4.42. The van der Waals surface area contributed by atoms with Crippen LogP contribution in [0.3, 0.4) is 0 Å². The van der Waals surface area contributed by atoms with Crippen LogP contribution in [0.5, 0.6) is 5.75 Å². The van der Waals surface area contributed by atoms with Gasteiger partial charge in [0.05, 0.1) is 12.2 Å². The summed E-state index contributed by atoms with van der Waals surface area (Å²) >= 11 is 0. The van der Waals surface area contributed by atoms with Crippen molar-refractivity contribution in [1.29, 1.82) is 0 Å². The summed E-state index contributed by atoms with van der Waals surface area (Å²) in [5.41, 5.74) is 1.74. The number of hydrogen-bond acceptors (Lipinski definition) is 2. The van der Waals surface area contributed by atoms with Gasteiger partial charge in [-0.2, -0.15) is 0 Å². The fourth-order valence-electron chi connectivity index (χ4n) is 1.78. The van der Waals surface area contributed by atoms with E-state index in [9.17, 15) is 4.79 Å². The SMILES string of the molecule is CCCCCCCOc1ccc(C)cc1C=O. The maximum atomic E-state index is 10.9. The molecule has 0 heterocycles. The zero-order valence-corrected chi connectivity index (χ0v) is 10.9. The third-order valence-corrected chi connectivity index (χ3v) is 2.80. The van der Waals surface area contributed by atoms with E-state index in [1.54, 1.807) is 0 Å². The lowest BCUT2D eigenvalue weighted by atomic mass is 10.1. The Kier molecular flexibility index (Phi) is 6.38. The number of aldehydes is 1. The minimum atomic E-state index is 0.651. The van der Waals surface area contributed by atoms with Crippen molar-refractivity contribution < 1.29 is 9.53 Å². The molecule has 0 aliphatic heterocycles. The molecule has 0 amide bonds. The first-order chi connectivity index (χ1) is 8.27. The van der Waals surface area contributed by atoms with Crippen LogP contribution in [-0.2, 0) is 0 Å². The lowest BCUT2D eigenvalue weighted by molar-refractivity contribution is 0.111. The van der Waals surface area contributed by atoms with E-state index < -0.39 is 0 Å². The molecule has 1 aromatic carbocycles. The third-order valence-electron chi connectivity index (χ3n) is 2.80. The standard InChI is InChI=1S/C15H22O2/c1-3-4-5-6-7-10-17-15-9-8-13(2)11-14(15)12-16/h8-9,11-12H,3-7,10H2,1-2H3. The molecule has 0 bridgehead atoms. The topological polar surface area (TPSA) is 26.3 Å². The van der Waals surface area contributed by atoms with Crippen LogP contribution < -0.4 is 4.74 Å². The van der Waals surface area contributed by atoms with Gasteiger partial charge >= 0.3 is 0 Å². The summed E-state index contributed by atoms with van der Waals surface area (Å²) in [6, 6.07) is 5.71. The highest BCUT2D eigenvalue weighted by Gasteiger charge is 2.02. The average molecular weight is 234 g/mol. The number of carbonyl (C=O) groups is 1. The quantitative estimate of drug-likeness (QED) is 0.499. The normalized spacial score (nSPS) is 10.2. The summed E-state index contributed by atoms with van der Waals surface area (Å²) < 4.78 is 5.63. The first kappa shape index (κ1) is 13.8. The smallest absolute Gasteiger partial charge is 0.153 e. The lowest BCUT2D eigenvalue weighted by Crippen LogP contribution is -2.00. The molecule has 17 heavy (non-hydrogen) atoms. The van der Waals surface area contributed by atoms with E-state index in [-0.39, 0.29) is 0 Å². The van der Waals surface area contributed by atoms with Crippen LogP contribution in [0.15, 0.2) is 18.2 Å². The van der Waals surface area contributed by atoms with Crippen molar-refractivity contribution in [3.05, 3.63) is 29.3 Å². The average Bonchev–Trinajstić information content (AvgIpc) is 2.35. The molecule has 0 fully saturated rings. The van der Waals surface area contributed by atoms with Crippen LogP contribution in [0.25, 0.3) is 0 Å². The van der Waals surface area contributed by atoms with E-state index in [0.717, 1.165) is 18.3 Å². The van der Waals surface area contributed by atoms with Gasteiger partial charge in [0, 0.05) is 0 Å².